The summed E-state index contributed by atoms with van der Waals surface area (Å²) in [6.07, 6.45) is 2.78. The van der Waals surface area contributed by atoms with Crippen molar-refractivity contribution in [2.75, 3.05) is 19.6 Å². The van der Waals surface area contributed by atoms with Gasteiger partial charge in [-0.3, -0.25) is 4.79 Å². The Kier molecular flexibility index (Phi) is 5.57. The molecule has 1 aromatic rings. The highest BCUT2D eigenvalue weighted by Gasteiger charge is 2.20. The number of amides is 1. The van der Waals surface area contributed by atoms with Crippen molar-refractivity contribution >= 4 is 5.91 Å². The summed E-state index contributed by atoms with van der Waals surface area (Å²) in [5.41, 5.74) is 1.07. The molecule has 0 aliphatic carbocycles. The Morgan fingerprint density at radius 2 is 2.20 bits per heavy atom. The zero-order valence-electron chi connectivity index (χ0n) is 11.7. The first-order valence-electron chi connectivity index (χ1n) is 7.19. The van der Waals surface area contributed by atoms with Crippen LogP contribution in [-0.4, -0.2) is 30.4 Å². The van der Waals surface area contributed by atoms with Gasteiger partial charge in [-0.15, -0.1) is 0 Å². The summed E-state index contributed by atoms with van der Waals surface area (Å²) in [7, 11) is 0. The lowest BCUT2D eigenvalue weighted by molar-refractivity contribution is -0.132. The number of benzene rings is 1. The first-order valence-corrected chi connectivity index (χ1v) is 7.19. The van der Waals surface area contributed by atoms with E-state index in [0.29, 0.717) is 18.9 Å². The van der Waals surface area contributed by atoms with Crippen LogP contribution in [0.5, 0.6) is 0 Å². The van der Waals surface area contributed by atoms with Gasteiger partial charge in [0.15, 0.2) is 0 Å². The highest BCUT2D eigenvalue weighted by atomic mass is 16.2. The van der Waals surface area contributed by atoms with Gasteiger partial charge in [0.1, 0.15) is 6.54 Å². The van der Waals surface area contributed by atoms with E-state index in [0.717, 1.165) is 31.5 Å². The fourth-order valence-electron chi connectivity index (χ4n) is 2.60. The highest BCUT2D eigenvalue weighted by Crippen LogP contribution is 2.16. The molecule has 1 saturated heterocycles. The molecule has 4 heteroatoms. The average Bonchev–Trinajstić information content (AvgIpc) is 2.49. The topological polar surface area (TPSA) is 56.1 Å². The number of nitrogens with one attached hydrogen (secondary N) is 1. The lowest BCUT2D eigenvalue weighted by Crippen LogP contribution is -2.36. The van der Waals surface area contributed by atoms with Crippen LogP contribution in [0.2, 0.25) is 0 Å². The van der Waals surface area contributed by atoms with Crippen LogP contribution < -0.4 is 5.32 Å². The largest absolute Gasteiger partial charge is 0.325 e. The molecule has 106 valence electrons. The van der Waals surface area contributed by atoms with Crippen LogP contribution in [0.1, 0.15) is 24.8 Å². The van der Waals surface area contributed by atoms with Crippen molar-refractivity contribution < 1.29 is 4.79 Å². The van der Waals surface area contributed by atoms with E-state index in [1.807, 2.05) is 30.3 Å². The summed E-state index contributed by atoms with van der Waals surface area (Å²) < 4.78 is 0. The fourth-order valence-corrected chi connectivity index (χ4v) is 2.60. The van der Waals surface area contributed by atoms with Crippen LogP contribution in [0.25, 0.3) is 0 Å². The van der Waals surface area contributed by atoms with Gasteiger partial charge in [-0.2, -0.15) is 5.26 Å². The fraction of sp³-hybridized carbons (Fsp3) is 0.500. The number of hydrogen-bond acceptors (Lipinski definition) is 3. The van der Waals surface area contributed by atoms with Gasteiger partial charge in [0.2, 0.25) is 5.91 Å². The predicted octanol–water partition coefficient (Wildman–Crippen LogP) is 1.93. The van der Waals surface area contributed by atoms with Gasteiger partial charge >= 0.3 is 0 Å². The molecule has 1 aromatic carbocycles. The van der Waals surface area contributed by atoms with Crippen LogP contribution in [-0.2, 0) is 11.3 Å². The minimum Gasteiger partial charge on any atom is -0.325 e. The van der Waals surface area contributed by atoms with Crippen molar-refractivity contribution in [1.82, 2.24) is 10.2 Å². The Labute approximate surface area is 120 Å². The van der Waals surface area contributed by atoms with E-state index < -0.39 is 0 Å². The van der Waals surface area contributed by atoms with Crippen LogP contribution >= 0.6 is 0 Å². The summed E-state index contributed by atoms with van der Waals surface area (Å²) in [6.45, 7) is 2.65. The first kappa shape index (κ1) is 14.5. The second kappa shape index (κ2) is 7.66. The molecule has 1 atom stereocenters. The molecule has 1 amide bonds. The Balaban J connectivity index is 1.93. The summed E-state index contributed by atoms with van der Waals surface area (Å²) in [5, 5.41) is 12.2. The lowest BCUT2D eigenvalue weighted by Gasteiger charge is -2.26. The van der Waals surface area contributed by atoms with Crippen LogP contribution in [0.4, 0.5) is 0 Å². The molecule has 0 radical (unpaired) electrons. The maximum absolute atomic E-state index is 12.4. The Morgan fingerprint density at radius 3 is 2.85 bits per heavy atom. The van der Waals surface area contributed by atoms with Gasteiger partial charge in [0, 0.05) is 13.0 Å². The summed E-state index contributed by atoms with van der Waals surface area (Å²) in [6, 6.07) is 11.9. The zero-order valence-corrected chi connectivity index (χ0v) is 11.7. The summed E-state index contributed by atoms with van der Waals surface area (Å²) in [5.74, 6) is 0.498. The third-order valence-electron chi connectivity index (χ3n) is 3.69. The Morgan fingerprint density at radius 1 is 1.40 bits per heavy atom. The van der Waals surface area contributed by atoms with E-state index >= 15 is 0 Å². The minimum atomic E-state index is 0.0871. The van der Waals surface area contributed by atoms with Crippen LogP contribution in [0.15, 0.2) is 30.3 Å². The molecule has 20 heavy (non-hydrogen) atoms. The van der Waals surface area contributed by atoms with Crippen molar-refractivity contribution in [3.8, 4) is 6.07 Å². The SMILES string of the molecule is N#CCN(Cc1ccccc1)C(=O)CC1CCCNC1. The van der Waals surface area contributed by atoms with Gasteiger partial charge in [-0.25, -0.2) is 0 Å². The third kappa shape index (κ3) is 4.36. The molecular formula is C16H21N3O. The lowest BCUT2D eigenvalue weighted by atomic mass is 9.95. The zero-order chi connectivity index (χ0) is 14.2. The van der Waals surface area contributed by atoms with Crippen molar-refractivity contribution in [3.05, 3.63) is 35.9 Å². The molecule has 4 nitrogen and oxygen atoms in total. The Hall–Kier alpha value is -1.86. The molecule has 1 aliphatic heterocycles. The second-order valence-corrected chi connectivity index (χ2v) is 5.31. The number of nitrogens with zero attached hydrogens (tertiary/aromatic N) is 2. The third-order valence-corrected chi connectivity index (χ3v) is 3.69. The number of rotatable bonds is 5. The molecular weight excluding hydrogens is 250 g/mol. The average molecular weight is 271 g/mol. The van der Waals surface area contributed by atoms with Crippen molar-refractivity contribution in [2.24, 2.45) is 5.92 Å². The van der Waals surface area contributed by atoms with Gasteiger partial charge in [0.05, 0.1) is 6.07 Å². The molecule has 1 N–H and O–H groups in total. The van der Waals surface area contributed by atoms with Crippen LogP contribution in [0, 0.1) is 17.2 Å². The molecule has 1 heterocycles. The van der Waals surface area contributed by atoms with Crippen molar-refractivity contribution in [2.45, 2.75) is 25.8 Å². The standard InChI is InChI=1S/C16H21N3O/c17-8-10-19(13-14-5-2-1-3-6-14)16(20)11-15-7-4-9-18-12-15/h1-3,5-6,15,18H,4,7,9-13H2. The van der Waals surface area contributed by atoms with E-state index in [2.05, 4.69) is 11.4 Å². The molecule has 0 bridgehead atoms. The number of hydrogen-bond donors (Lipinski definition) is 1. The van der Waals surface area contributed by atoms with Gasteiger partial charge in [0.25, 0.3) is 0 Å². The predicted molar refractivity (Wildman–Crippen MR) is 77.7 cm³/mol. The molecule has 2 rings (SSSR count). The molecule has 1 unspecified atom stereocenters. The number of piperidine rings is 1. The van der Waals surface area contributed by atoms with E-state index in [-0.39, 0.29) is 12.5 Å². The maximum Gasteiger partial charge on any atom is 0.224 e. The van der Waals surface area contributed by atoms with Crippen molar-refractivity contribution in [3.63, 3.8) is 0 Å². The van der Waals surface area contributed by atoms with Gasteiger partial charge in [-0.1, -0.05) is 30.3 Å². The molecule has 1 aliphatic rings. The number of nitriles is 1. The van der Waals surface area contributed by atoms with E-state index in [1.165, 1.54) is 0 Å². The maximum atomic E-state index is 12.4. The van der Waals surface area contributed by atoms with Crippen molar-refractivity contribution in [1.29, 1.82) is 5.26 Å². The number of carbonyl (C=O) groups is 1. The molecule has 1 fully saturated rings. The molecule has 0 aromatic heterocycles. The minimum absolute atomic E-state index is 0.0871. The Bertz CT molecular complexity index is 460. The summed E-state index contributed by atoms with van der Waals surface area (Å²) in [4.78, 5) is 14.0. The normalized spacial score (nSPS) is 18.2. The quantitative estimate of drug-likeness (QED) is 0.833. The van der Waals surface area contributed by atoms with Gasteiger partial charge in [-0.05, 0) is 37.4 Å². The molecule has 0 saturated carbocycles. The smallest absolute Gasteiger partial charge is 0.224 e. The molecule has 0 spiro atoms. The van der Waals surface area contributed by atoms with E-state index in [4.69, 9.17) is 5.26 Å². The van der Waals surface area contributed by atoms with E-state index in [1.54, 1.807) is 4.90 Å². The van der Waals surface area contributed by atoms with E-state index in [9.17, 15) is 4.79 Å². The monoisotopic (exact) mass is 271 g/mol. The van der Waals surface area contributed by atoms with Gasteiger partial charge < -0.3 is 10.2 Å². The number of carbonyl (C=O) groups excluding carboxylic acids is 1. The highest BCUT2D eigenvalue weighted by molar-refractivity contribution is 5.76. The summed E-state index contributed by atoms with van der Waals surface area (Å²) >= 11 is 0. The van der Waals surface area contributed by atoms with Crippen LogP contribution in [0.3, 0.4) is 0 Å². The first-order chi connectivity index (χ1) is 9.79. The second-order valence-electron chi connectivity index (χ2n) is 5.31.